The highest BCUT2D eigenvalue weighted by molar-refractivity contribution is 5.80. The smallest absolute Gasteiger partial charge is 0.331 e. The Hall–Kier alpha value is -1.03. The third kappa shape index (κ3) is 6.86. The topological polar surface area (TPSA) is 57.5 Å². The summed E-state index contributed by atoms with van der Waals surface area (Å²) in [6, 6.07) is 0. The second kappa shape index (κ2) is 3.39. The molecule has 0 radical (unpaired) electrons. The fourth-order valence-electron chi connectivity index (χ4n) is 0.674. The first kappa shape index (κ1) is 9.97. The molecule has 0 unspecified atom stereocenters. The van der Waals surface area contributed by atoms with Gasteiger partial charge in [0.2, 0.25) is 0 Å². The van der Waals surface area contributed by atoms with Gasteiger partial charge in [0, 0.05) is 0 Å². The maximum absolute atomic E-state index is 10.1. The van der Waals surface area contributed by atoms with Gasteiger partial charge in [0.1, 0.15) is 6.54 Å². The molecule has 0 rings (SSSR count). The van der Waals surface area contributed by atoms with Crippen molar-refractivity contribution in [3.05, 3.63) is 11.8 Å². The van der Waals surface area contributed by atoms with Crippen LogP contribution < -0.4 is 0 Å². The average Bonchev–Trinajstić information content (AvgIpc) is 1.53. The summed E-state index contributed by atoms with van der Waals surface area (Å²) in [5.74, 6) is -1.22. The summed E-state index contributed by atoms with van der Waals surface area (Å²) in [4.78, 5) is 10.1. The second-order valence-corrected chi connectivity index (χ2v) is 3.42. The number of carbonyl (C=O) groups is 1. The van der Waals surface area contributed by atoms with Crippen LogP contribution in [0.2, 0.25) is 0 Å². The van der Waals surface area contributed by atoms with Gasteiger partial charge in [-0.3, -0.25) is 0 Å². The maximum Gasteiger partial charge on any atom is 0.331 e. The third-order valence-corrected chi connectivity index (χ3v) is 0.926. The molecular weight excluding hydrogens is 146 g/mol. The van der Waals surface area contributed by atoms with Gasteiger partial charge in [0.15, 0.2) is 5.76 Å². The van der Waals surface area contributed by atoms with E-state index in [1.807, 2.05) is 21.1 Å². The van der Waals surface area contributed by atoms with E-state index in [9.17, 15) is 4.79 Å². The second-order valence-electron chi connectivity index (χ2n) is 3.42. The SMILES string of the molecule is C[N+](C)(C)C/C(O)=C/C(=O)O. The molecule has 0 saturated carbocycles. The molecule has 0 fully saturated rings. The molecule has 4 nitrogen and oxygen atoms in total. The number of carboxylic acids is 1. The van der Waals surface area contributed by atoms with Gasteiger partial charge < -0.3 is 14.7 Å². The first-order chi connectivity index (χ1) is 4.81. The summed E-state index contributed by atoms with van der Waals surface area (Å²) in [7, 11) is 5.60. The normalized spacial score (nSPS) is 13.2. The predicted octanol–water partition coefficient (Wildman–Crippen LogP) is 0.219. The van der Waals surface area contributed by atoms with Gasteiger partial charge in [0.25, 0.3) is 0 Å². The number of likely N-dealkylation sites (N-methyl/N-ethyl adjacent to an activating group) is 1. The van der Waals surface area contributed by atoms with Crippen molar-refractivity contribution in [1.82, 2.24) is 0 Å². The Morgan fingerprint density at radius 3 is 2.09 bits per heavy atom. The zero-order chi connectivity index (χ0) is 9.07. The van der Waals surface area contributed by atoms with Crippen LogP contribution in [-0.2, 0) is 4.79 Å². The summed E-state index contributed by atoms with van der Waals surface area (Å²) in [6.07, 6.45) is 0.809. The third-order valence-electron chi connectivity index (χ3n) is 0.926. The lowest BCUT2D eigenvalue weighted by atomic mass is 10.4. The fraction of sp³-hybridized carbons (Fsp3) is 0.571. The van der Waals surface area contributed by atoms with E-state index < -0.39 is 5.97 Å². The molecule has 0 aromatic carbocycles. The van der Waals surface area contributed by atoms with E-state index in [0.29, 0.717) is 11.0 Å². The number of hydrogen-bond donors (Lipinski definition) is 2. The van der Waals surface area contributed by atoms with Crippen LogP contribution in [0.25, 0.3) is 0 Å². The highest BCUT2D eigenvalue weighted by Gasteiger charge is 2.10. The van der Waals surface area contributed by atoms with Crippen molar-refractivity contribution in [2.75, 3.05) is 27.7 Å². The number of nitrogens with zero attached hydrogens (tertiary/aromatic N) is 1. The lowest BCUT2D eigenvalue weighted by molar-refractivity contribution is -0.866. The van der Waals surface area contributed by atoms with Crippen molar-refractivity contribution in [3.63, 3.8) is 0 Å². The molecule has 0 aromatic rings. The van der Waals surface area contributed by atoms with Gasteiger partial charge in [-0.05, 0) is 0 Å². The van der Waals surface area contributed by atoms with Crippen LogP contribution in [0.1, 0.15) is 0 Å². The summed E-state index contributed by atoms with van der Waals surface area (Å²) >= 11 is 0. The number of hydrogen-bond acceptors (Lipinski definition) is 2. The van der Waals surface area contributed by atoms with Crippen LogP contribution in [0, 0.1) is 0 Å². The first-order valence-electron chi connectivity index (χ1n) is 3.24. The minimum Gasteiger partial charge on any atom is -0.506 e. The van der Waals surface area contributed by atoms with Gasteiger partial charge in [-0.1, -0.05) is 0 Å². The van der Waals surface area contributed by atoms with Crippen LogP contribution in [0.3, 0.4) is 0 Å². The Balaban J connectivity index is 4.07. The molecular formula is C7H14NO3+. The van der Waals surface area contributed by atoms with Gasteiger partial charge >= 0.3 is 5.97 Å². The molecule has 11 heavy (non-hydrogen) atoms. The number of aliphatic hydroxyl groups excluding tert-OH is 1. The number of quaternary nitrogens is 1. The standard InChI is InChI=1S/C7H13NO3/c1-8(2,3)5-6(9)4-7(10)11/h4H,5H2,1-3H3,(H-,9,10,11)/p+1/b6-4-. The lowest BCUT2D eigenvalue weighted by Crippen LogP contribution is -2.36. The quantitative estimate of drug-likeness (QED) is 0.353. The molecule has 0 amide bonds. The van der Waals surface area contributed by atoms with Crippen LogP contribution in [0.5, 0.6) is 0 Å². The molecule has 0 spiro atoms. The minimum atomic E-state index is -1.11. The molecule has 4 heteroatoms. The van der Waals surface area contributed by atoms with E-state index in [4.69, 9.17) is 10.2 Å². The zero-order valence-electron chi connectivity index (χ0n) is 7.03. The molecule has 0 aliphatic carbocycles. The predicted molar refractivity (Wildman–Crippen MR) is 41.2 cm³/mol. The van der Waals surface area contributed by atoms with E-state index >= 15 is 0 Å². The average molecular weight is 160 g/mol. The Labute approximate surface area is 66.0 Å². The summed E-state index contributed by atoms with van der Waals surface area (Å²) in [6.45, 7) is 0.326. The van der Waals surface area contributed by atoms with Crippen molar-refractivity contribution in [2.24, 2.45) is 0 Å². The van der Waals surface area contributed by atoms with Crippen molar-refractivity contribution in [1.29, 1.82) is 0 Å². The molecule has 0 aliphatic heterocycles. The van der Waals surface area contributed by atoms with Crippen LogP contribution in [0.15, 0.2) is 11.8 Å². The molecule has 0 atom stereocenters. The van der Waals surface area contributed by atoms with E-state index in [1.165, 1.54) is 0 Å². The van der Waals surface area contributed by atoms with Crippen LogP contribution in [-0.4, -0.2) is 48.4 Å². The van der Waals surface area contributed by atoms with Crippen molar-refractivity contribution >= 4 is 5.97 Å². The van der Waals surface area contributed by atoms with E-state index in [-0.39, 0.29) is 5.76 Å². The minimum absolute atomic E-state index is 0.106. The fourth-order valence-corrected chi connectivity index (χ4v) is 0.674. The number of aliphatic carboxylic acids is 1. The summed E-state index contributed by atoms with van der Waals surface area (Å²) in [5, 5.41) is 17.3. The Morgan fingerprint density at radius 1 is 1.36 bits per heavy atom. The largest absolute Gasteiger partial charge is 0.506 e. The lowest BCUT2D eigenvalue weighted by Gasteiger charge is -2.22. The number of rotatable bonds is 3. The van der Waals surface area contributed by atoms with Crippen molar-refractivity contribution in [3.8, 4) is 0 Å². The van der Waals surface area contributed by atoms with E-state index in [1.54, 1.807) is 0 Å². The molecule has 2 N–H and O–H groups in total. The van der Waals surface area contributed by atoms with E-state index in [2.05, 4.69) is 0 Å². The van der Waals surface area contributed by atoms with Gasteiger partial charge in [-0.2, -0.15) is 0 Å². The van der Waals surface area contributed by atoms with Crippen molar-refractivity contribution < 1.29 is 19.5 Å². The Kier molecular flexibility index (Phi) is 3.07. The van der Waals surface area contributed by atoms with E-state index in [0.717, 1.165) is 6.08 Å². The summed E-state index contributed by atoms with van der Waals surface area (Å²) in [5.41, 5.74) is 0. The maximum atomic E-state index is 10.1. The number of aliphatic hydroxyl groups is 1. The monoisotopic (exact) mass is 160 g/mol. The van der Waals surface area contributed by atoms with Crippen LogP contribution in [0.4, 0.5) is 0 Å². The molecule has 0 aromatic heterocycles. The molecule has 64 valence electrons. The van der Waals surface area contributed by atoms with Gasteiger partial charge in [0.05, 0.1) is 27.2 Å². The summed E-state index contributed by atoms with van der Waals surface area (Å²) < 4.78 is 0.510. The first-order valence-corrected chi connectivity index (χ1v) is 3.24. The van der Waals surface area contributed by atoms with Gasteiger partial charge in [-0.15, -0.1) is 0 Å². The molecule has 0 aliphatic rings. The zero-order valence-corrected chi connectivity index (χ0v) is 7.03. The Bertz CT molecular complexity index is 179. The molecule has 0 bridgehead atoms. The van der Waals surface area contributed by atoms with Gasteiger partial charge in [-0.25, -0.2) is 4.79 Å². The highest BCUT2D eigenvalue weighted by atomic mass is 16.4. The number of carboxylic acid groups (broad SMARTS) is 1. The molecule has 0 heterocycles. The Morgan fingerprint density at radius 2 is 1.82 bits per heavy atom. The van der Waals surface area contributed by atoms with Crippen molar-refractivity contribution in [2.45, 2.75) is 0 Å². The van der Waals surface area contributed by atoms with Crippen LogP contribution >= 0.6 is 0 Å². The molecule has 0 saturated heterocycles. The highest BCUT2D eigenvalue weighted by Crippen LogP contribution is 1.97.